The molecule has 1 aromatic carbocycles. The number of ether oxygens (including phenoxy) is 1. The lowest BCUT2D eigenvalue weighted by molar-refractivity contribution is -0.132. The van der Waals surface area contributed by atoms with Gasteiger partial charge >= 0.3 is 0 Å². The molecular formula is C18H25FN2O3. The number of hydrogen-bond donors (Lipinski definition) is 1. The lowest BCUT2D eigenvalue weighted by Crippen LogP contribution is -2.47. The number of unbranched alkanes of at least 4 members (excludes halogenated alkanes) is 1. The Kier molecular flexibility index (Phi) is 7.03. The molecule has 0 aromatic heterocycles. The molecule has 0 unspecified atom stereocenters. The van der Waals surface area contributed by atoms with Crippen molar-refractivity contribution in [2.45, 2.75) is 45.1 Å². The fraction of sp³-hybridized carbons (Fsp3) is 0.556. The van der Waals surface area contributed by atoms with Crippen LogP contribution in [0.1, 0.15) is 39.0 Å². The summed E-state index contributed by atoms with van der Waals surface area (Å²) in [5.41, 5.74) is 0. The molecule has 0 atom stereocenters. The highest BCUT2D eigenvalue weighted by Crippen LogP contribution is 2.14. The van der Waals surface area contributed by atoms with E-state index in [-0.39, 0.29) is 24.5 Å². The van der Waals surface area contributed by atoms with E-state index in [1.54, 1.807) is 6.07 Å². The largest absolute Gasteiger partial charge is 0.484 e. The SMILES string of the molecule is CCCCC(=O)N1CCC(NC(=O)COc2cccc(F)c2)CC1. The molecule has 5 nitrogen and oxygen atoms in total. The molecule has 1 fully saturated rings. The van der Waals surface area contributed by atoms with Gasteiger partial charge in [-0.2, -0.15) is 0 Å². The quantitative estimate of drug-likeness (QED) is 0.832. The molecule has 0 radical (unpaired) electrons. The van der Waals surface area contributed by atoms with Crippen LogP contribution in [0, 0.1) is 5.82 Å². The predicted octanol–water partition coefficient (Wildman–Crippen LogP) is 2.50. The molecule has 1 aliphatic heterocycles. The number of carbonyl (C=O) groups is 2. The van der Waals surface area contributed by atoms with E-state index in [9.17, 15) is 14.0 Å². The topological polar surface area (TPSA) is 58.6 Å². The number of benzene rings is 1. The van der Waals surface area contributed by atoms with Crippen molar-refractivity contribution >= 4 is 11.8 Å². The van der Waals surface area contributed by atoms with E-state index in [2.05, 4.69) is 12.2 Å². The van der Waals surface area contributed by atoms with Gasteiger partial charge in [-0.15, -0.1) is 0 Å². The van der Waals surface area contributed by atoms with Gasteiger partial charge in [-0.25, -0.2) is 4.39 Å². The second kappa shape index (κ2) is 9.25. The van der Waals surface area contributed by atoms with Gasteiger partial charge in [0.2, 0.25) is 5.91 Å². The molecule has 0 saturated carbocycles. The highest BCUT2D eigenvalue weighted by Gasteiger charge is 2.23. The van der Waals surface area contributed by atoms with Crippen molar-refractivity contribution in [2.24, 2.45) is 0 Å². The summed E-state index contributed by atoms with van der Waals surface area (Å²) in [5, 5.41) is 2.91. The van der Waals surface area contributed by atoms with E-state index in [0.717, 1.165) is 25.7 Å². The van der Waals surface area contributed by atoms with E-state index >= 15 is 0 Å². The fourth-order valence-electron chi connectivity index (χ4n) is 2.73. The Morgan fingerprint density at radius 1 is 1.33 bits per heavy atom. The molecule has 1 aromatic rings. The molecule has 2 amide bonds. The van der Waals surface area contributed by atoms with Crippen molar-refractivity contribution in [1.29, 1.82) is 0 Å². The Balaban J connectivity index is 1.67. The Hall–Kier alpha value is -2.11. The summed E-state index contributed by atoms with van der Waals surface area (Å²) in [6.07, 6.45) is 4.05. The van der Waals surface area contributed by atoms with Crippen LogP contribution in [-0.4, -0.2) is 42.5 Å². The summed E-state index contributed by atoms with van der Waals surface area (Å²) >= 11 is 0. The summed E-state index contributed by atoms with van der Waals surface area (Å²) in [6.45, 7) is 3.29. The summed E-state index contributed by atoms with van der Waals surface area (Å²) < 4.78 is 18.3. The number of nitrogens with zero attached hydrogens (tertiary/aromatic N) is 1. The molecule has 1 saturated heterocycles. The van der Waals surface area contributed by atoms with Gasteiger partial charge < -0.3 is 15.0 Å². The summed E-state index contributed by atoms with van der Waals surface area (Å²) in [5.74, 6) is -0.0828. The highest BCUT2D eigenvalue weighted by molar-refractivity contribution is 5.78. The van der Waals surface area contributed by atoms with Gasteiger partial charge in [0, 0.05) is 31.6 Å². The Morgan fingerprint density at radius 2 is 2.08 bits per heavy atom. The minimum atomic E-state index is -0.395. The monoisotopic (exact) mass is 336 g/mol. The standard InChI is InChI=1S/C18H25FN2O3/c1-2-3-7-18(23)21-10-8-15(9-11-21)20-17(22)13-24-16-6-4-5-14(19)12-16/h4-6,12,15H,2-3,7-11,13H2,1H3,(H,20,22). The minimum absolute atomic E-state index is 0.0591. The van der Waals surface area contributed by atoms with E-state index in [4.69, 9.17) is 4.74 Å². The van der Waals surface area contributed by atoms with Crippen molar-refractivity contribution in [3.05, 3.63) is 30.1 Å². The van der Waals surface area contributed by atoms with Gasteiger partial charge in [0.15, 0.2) is 6.61 Å². The maximum Gasteiger partial charge on any atom is 0.258 e. The maximum absolute atomic E-state index is 13.0. The summed E-state index contributed by atoms with van der Waals surface area (Å²) in [6, 6.07) is 5.77. The van der Waals surface area contributed by atoms with Crippen molar-refractivity contribution in [1.82, 2.24) is 10.2 Å². The molecule has 0 spiro atoms. The van der Waals surface area contributed by atoms with Crippen LogP contribution >= 0.6 is 0 Å². The van der Waals surface area contributed by atoms with Crippen molar-refractivity contribution in [3.8, 4) is 5.75 Å². The van der Waals surface area contributed by atoms with Crippen molar-refractivity contribution < 1.29 is 18.7 Å². The zero-order chi connectivity index (χ0) is 17.4. The lowest BCUT2D eigenvalue weighted by atomic mass is 10.0. The number of likely N-dealkylation sites (tertiary alicyclic amines) is 1. The number of rotatable bonds is 7. The van der Waals surface area contributed by atoms with Crippen LogP contribution in [-0.2, 0) is 9.59 Å². The fourth-order valence-corrected chi connectivity index (χ4v) is 2.73. The second-order valence-electron chi connectivity index (χ2n) is 6.07. The molecule has 0 bridgehead atoms. The molecule has 0 aliphatic carbocycles. The average Bonchev–Trinajstić information content (AvgIpc) is 2.58. The average molecular weight is 336 g/mol. The first-order valence-corrected chi connectivity index (χ1v) is 8.54. The first kappa shape index (κ1) is 18.2. The highest BCUT2D eigenvalue weighted by atomic mass is 19.1. The van der Waals surface area contributed by atoms with Gasteiger partial charge in [-0.1, -0.05) is 19.4 Å². The smallest absolute Gasteiger partial charge is 0.258 e. The molecule has 1 N–H and O–H groups in total. The van der Waals surface area contributed by atoms with Crippen LogP contribution < -0.4 is 10.1 Å². The first-order chi connectivity index (χ1) is 11.6. The zero-order valence-electron chi connectivity index (χ0n) is 14.1. The Labute approximate surface area is 142 Å². The molecule has 1 heterocycles. The van der Waals surface area contributed by atoms with E-state index in [1.165, 1.54) is 18.2 Å². The van der Waals surface area contributed by atoms with Gasteiger partial charge in [0.1, 0.15) is 11.6 Å². The minimum Gasteiger partial charge on any atom is -0.484 e. The second-order valence-corrected chi connectivity index (χ2v) is 6.07. The van der Waals surface area contributed by atoms with Crippen LogP contribution in [0.15, 0.2) is 24.3 Å². The molecule has 2 rings (SSSR count). The molecule has 132 valence electrons. The number of piperidine rings is 1. The molecular weight excluding hydrogens is 311 g/mol. The zero-order valence-corrected chi connectivity index (χ0v) is 14.1. The number of halogens is 1. The van der Waals surface area contributed by atoms with Crippen LogP contribution in [0.3, 0.4) is 0 Å². The van der Waals surface area contributed by atoms with Gasteiger partial charge in [0.05, 0.1) is 0 Å². The molecule has 24 heavy (non-hydrogen) atoms. The maximum atomic E-state index is 13.0. The third-order valence-electron chi connectivity index (χ3n) is 4.12. The van der Waals surface area contributed by atoms with Crippen LogP contribution in [0.4, 0.5) is 4.39 Å². The molecule has 6 heteroatoms. The van der Waals surface area contributed by atoms with Gasteiger partial charge in [-0.05, 0) is 31.4 Å². The van der Waals surface area contributed by atoms with Gasteiger partial charge in [0.25, 0.3) is 5.91 Å². The number of carbonyl (C=O) groups excluding carboxylic acids is 2. The van der Waals surface area contributed by atoms with Crippen LogP contribution in [0.2, 0.25) is 0 Å². The lowest BCUT2D eigenvalue weighted by Gasteiger charge is -2.32. The Morgan fingerprint density at radius 3 is 2.75 bits per heavy atom. The summed E-state index contributed by atoms with van der Waals surface area (Å²) in [7, 11) is 0. The third kappa shape index (κ3) is 5.83. The number of hydrogen-bond acceptors (Lipinski definition) is 3. The van der Waals surface area contributed by atoms with E-state index in [1.807, 2.05) is 4.90 Å². The number of nitrogens with one attached hydrogen (secondary N) is 1. The normalized spacial score (nSPS) is 15.2. The summed E-state index contributed by atoms with van der Waals surface area (Å²) in [4.78, 5) is 25.8. The van der Waals surface area contributed by atoms with Crippen molar-refractivity contribution in [2.75, 3.05) is 19.7 Å². The third-order valence-corrected chi connectivity index (χ3v) is 4.12. The Bertz CT molecular complexity index is 557. The van der Waals surface area contributed by atoms with Crippen molar-refractivity contribution in [3.63, 3.8) is 0 Å². The first-order valence-electron chi connectivity index (χ1n) is 8.54. The van der Waals surface area contributed by atoms with Crippen LogP contribution in [0.5, 0.6) is 5.75 Å². The van der Waals surface area contributed by atoms with Crippen LogP contribution in [0.25, 0.3) is 0 Å². The predicted molar refractivity (Wildman–Crippen MR) is 89.2 cm³/mol. The number of amides is 2. The van der Waals surface area contributed by atoms with E-state index in [0.29, 0.717) is 25.3 Å². The van der Waals surface area contributed by atoms with E-state index < -0.39 is 5.82 Å². The molecule has 1 aliphatic rings. The van der Waals surface area contributed by atoms with Gasteiger partial charge in [-0.3, -0.25) is 9.59 Å².